The number of halogens is 2. The van der Waals surface area contributed by atoms with Crippen LogP contribution in [0.2, 0.25) is 0 Å². The van der Waals surface area contributed by atoms with Crippen LogP contribution in [-0.2, 0) is 54.7 Å². The Morgan fingerprint density at radius 3 is 1.05 bits per heavy atom. The fourth-order valence-electron chi connectivity index (χ4n) is 7.35. The van der Waals surface area contributed by atoms with Crippen molar-refractivity contribution >= 4 is 47.6 Å². The van der Waals surface area contributed by atoms with Crippen molar-refractivity contribution < 1.29 is 56.6 Å². The van der Waals surface area contributed by atoms with Gasteiger partial charge in [-0.05, 0) is 103 Å². The summed E-state index contributed by atoms with van der Waals surface area (Å²) in [7, 11) is 0. The summed E-state index contributed by atoms with van der Waals surface area (Å²) < 4.78 is 37.3. The zero-order chi connectivity index (χ0) is 54.3. The molecule has 0 aliphatic carbocycles. The number of alkyl carbamates (subject to hydrolysis) is 2. The SMILES string of the molecule is O=C(CN(CC(=O)NCCc1ccc(F)cc1)C(=O)c1cccc(C(=O)N(CC(=O)NCCCCNC(=O)OCc2ccccc2)CC(=O)NCCc2ccc(F)cc2)c1)NCCCCNC(=O)OCc1ccccc1. The molecule has 0 unspecified atom stereocenters. The van der Waals surface area contributed by atoms with Gasteiger partial charge in [-0.3, -0.25) is 28.8 Å². The van der Waals surface area contributed by atoms with Crippen LogP contribution in [0.15, 0.2) is 133 Å². The van der Waals surface area contributed by atoms with E-state index < -0.39 is 85.4 Å². The second kappa shape index (κ2) is 32.5. The Labute approximate surface area is 440 Å². The van der Waals surface area contributed by atoms with Crippen LogP contribution in [0.3, 0.4) is 0 Å². The summed E-state index contributed by atoms with van der Waals surface area (Å²) in [5, 5.41) is 16.2. The van der Waals surface area contributed by atoms with Gasteiger partial charge < -0.3 is 51.2 Å². The van der Waals surface area contributed by atoms with E-state index in [0.717, 1.165) is 32.1 Å². The smallest absolute Gasteiger partial charge is 0.407 e. The minimum absolute atomic E-state index is 0.0753. The van der Waals surface area contributed by atoms with Crippen LogP contribution in [-0.4, -0.2) is 123 Å². The summed E-state index contributed by atoms with van der Waals surface area (Å²) in [6.45, 7) is -0.776. The van der Waals surface area contributed by atoms with Crippen LogP contribution in [0.25, 0.3) is 0 Å². The van der Waals surface area contributed by atoms with Crippen molar-refractivity contribution in [2.24, 2.45) is 0 Å². The van der Waals surface area contributed by atoms with Crippen molar-refractivity contribution in [1.29, 1.82) is 0 Å². The lowest BCUT2D eigenvalue weighted by Crippen LogP contribution is -2.47. The lowest BCUT2D eigenvalue weighted by molar-refractivity contribution is -0.125. The first-order valence-electron chi connectivity index (χ1n) is 24.9. The van der Waals surface area contributed by atoms with E-state index in [1.807, 2.05) is 60.7 Å². The van der Waals surface area contributed by atoms with Crippen molar-refractivity contribution in [3.05, 3.63) is 178 Å². The highest BCUT2D eigenvalue weighted by Gasteiger charge is 2.26. The van der Waals surface area contributed by atoms with Gasteiger partial charge in [0.05, 0.1) is 0 Å². The second-order valence-electron chi connectivity index (χ2n) is 17.4. The lowest BCUT2D eigenvalue weighted by atomic mass is 10.1. The quantitative estimate of drug-likeness (QED) is 0.0329. The molecule has 0 radical (unpaired) electrons. The molecule has 76 heavy (non-hydrogen) atoms. The van der Waals surface area contributed by atoms with E-state index in [-0.39, 0.29) is 63.6 Å². The highest BCUT2D eigenvalue weighted by molar-refractivity contribution is 6.03. The number of hydrogen-bond acceptors (Lipinski definition) is 10. The van der Waals surface area contributed by atoms with Gasteiger partial charge in [0.25, 0.3) is 11.8 Å². The fraction of sp³-hybridized carbons (Fsp3) is 0.321. The maximum Gasteiger partial charge on any atom is 0.407 e. The Morgan fingerprint density at radius 2 is 0.697 bits per heavy atom. The highest BCUT2D eigenvalue weighted by Crippen LogP contribution is 2.13. The third kappa shape index (κ3) is 22.6. The normalized spacial score (nSPS) is 10.6. The third-order valence-corrected chi connectivity index (χ3v) is 11.4. The lowest BCUT2D eigenvalue weighted by Gasteiger charge is -2.24. The number of nitrogens with one attached hydrogen (secondary N) is 6. The van der Waals surface area contributed by atoms with Crippen LogP contribution < -0.4 is 31.9 Å². The number of carbonyl (C=O) groups is 8. The van der Waals surface area contributed by atoms with E-state index in [0.29, 0.717) is 38.5 Å². The molecule has 6 N–H and O–H groups in total. The average Bonchev–Trinajstić information content (AvgIpc) is 3.42. The molecule has 18 nitrogen and oxygen atoms in total. The molecule has 0 aliphatic rings. The van der Waals surface area contributed by atoms with Crippen molar-refractivity contribution in [3.63, 3.8) is 0 Å². The van der Waals surface area contributed by atoms with Crippen molar-refractivity contribution in [2.75, 3.05) is 65.4 Å². The molecule has 5 rings (SSSR count). The number of rotatable bonds is 30. The Balaban J connectivity index is 1.19. The Morgan fingerprint density at radius 1 is 0.368 bits per heavy atom. The minimum Gasteiger partial charge on any atom is -0.445 e. The van der Waals surface area contributed by atoms with Gasteiger partial charge in [-0.25, -0.2) is 18.4 Å². The first-order chi connectivity index (χ1) is 36.8. The van der Waals surface area contributed by atoms with Crippen LogP contribution >= 0.6 is 0 Å². The first-order valence-corrected chi connectivity index (χ1v) is 24.9. The van der Waals surface area contributed by atoms with Gasteiger partial charge in [0.2, 0.25) is 23.6 Å². The van der Waals surface area contributed by atoms with Gasteiger partial charge in [-0.2, -0.15) is 0 Å². The molecule has 0 saturated carbocycles. The van der Waals surface area contributed by atoms with E-state index >= 15 is 0 Å². The monoisotopic (exact) mass is 1050 g/mol. The number of amides is 8. The maximum atomic E-state index is 14.2. The summed E-state index contributed by atoms with van der Waals surface area (Å²) >= 11 is 0. The van der Waals surface area contributed by atoms with Crippen LogP contribution in [0.5, 0.6) is 0 Å². The number of unbranched alkanes of at least 4 members (excludes halogenated alkanes) is 2. The molecule has 0 fully saturated rings. The van der Waals surface area contributed by atoms with E-state index in [2.05, 4.69) is 31.9 Å². The standard InChI is InChI=1S/C56H64F2N8O10/c57-47-22-18-41(19-23-47)26-32-61-51(69)37-65(35-49(67)59-28-7-9-30-63-55(73)75-39-43-12-3-1-4-13-43)53(71)45-16-11-17-46(34-45)54(72)66(38-52(70)62-33-27-42-20-24-48(58)25-21-42)36-50(68)60-29-8-10-31-64-56(74)76-40-44-14-5-2-6-15-44/h1-6,11-25,34H,7-10,26-33,35-40H2,(H,59,67)(H,60,68)(H,61,69)(H,62,70)(H,63,73)(H,64,74). The molecule has 0 spiro atoms. The van der Waals surface area contributed by atoms with E-state index in [1.165, 1.54) is 48.5 Å². The molecule has 5 aromatic rings. The maximum absolute atomic E-state index is 14.2. The third-order valence-electron chi connectivity index (χ3n) is 11.4. The molecule has 0 bridgehead atoms. The van der Waals surface area contributed by atoms with Crippen molar-refractivity contribution in [2.45, 2.75) is 51.7 Å². The van der Waals surface area contributed by atoms with Crippen molar-refractivity contribution in [1.82, 2.24) is 41.7 Å². The predicted octanol–water partition coefficient (Wildman–Crippen LogP) is 5.21. The molecule has 0 saturated heterocycles. The van der Waals surface area contributed by atoms with Gasteiger partial charge in [0, 0.05) is 50.4 Å². The van der Waals surface area contributed by atoms with Gasteiger partial charge >= 0.3 is 12.2 Å². The molecule has 20 heteroatoms. The molecular weight excluding hydrogens is 983 g/mol. The Hall–Kier alpha value is -8.68. The molecular formula is C56H64F2N8O10. The number of hydrogen-bond donors (Lipinski definition) is 6. The summed E-state index contributed by atoms with van der Waals surface area (Å²) in [6, 6.07) is 35.4. The summed E-state index contributed by atoms with van der Waals surface area (Å²) in [4.78, 5) is 108. The second-order valence-corrected chi connectivity index (χ2v) is 17.4. The first kappa shape index (κ1) is 58.2. The van der Waals surface area contributed by atoms with Crippen LogP contribution in [0.1, 0.15) is 68.7 Å². The minimum atomic E-state index is -0.779. The number of nitrogens with zero attached hydrogens (tertiary/aromatic N) is 2. The molecule has 0 heterocycles. The van der Waals surface area contributed by atoms with E-state index in [4.69, 9.17) is 9.47 Å². The van der Waals surface area contributed by atoms with E-state index in [1.54, 1.807) is 24.3 Å². The summed E-state index contributed by atoms with van der Waals surface area (Å²) in [5.41, 5.74) is 3.04. The highest BCUT2D eigenvalue weighted by atomic mass is 19.1. The number of ether oxygens (including phenoxy) is 2. The van der Waals surface area contributed by atoms with Gasteiger partial charge in [-0.15, -0.1) is 0 Å². The predicted molar refractivity (Wildman–Crippen MR) is 278 cm³/mol. The molecule has 0 aromatic heterocycles. The van der Waals surface area contributed by atoms with Gasteiger partial charge in [-0.1, -0.05) is 91.0 Å². The van der Waals surface area contributed by atoms with Crippen LogP contribution in [0.4, 0.5) is 18.4 Å². The fourth-order valence-corrected chi connectivity index (χ4v) is 7.35. The van der Waals surface area contributed by atoms with Crippen molar-refractivity contribution in [3.8, 4) is 0 Å². The Bertz CT molecular complexity index is 2490. The van der Waals surface area contributed by atoms with Gasteiger partial charge in [0.1, 0.15) is 51.0 Å². The molecule has 402 valence electrons. The molecule has 5 aromatic carbocycles. The van der Waals surface area contributed by atoms with Crippen LogP contribution in [0, 0.1) is 11.6 Å². The van der Waals surface area contributed by atoms with Gasteiger partial charge in [0.15, 0.2) is 0 Å². The zero-order valence-electron chi connectivity index (χ0n) is 42.2. The zero-order valence-corrected chi connectivity index (χ0v) is 42.2. The average molecular weight is 1050 g/mol. The summed E-state index contributed by atoms with van der Waals surface area (Å²) in [5.74, 6) is -4.74. The largest absolute Gasteiger partial charge is 0.445 e. The number of carbonyl (C=O) groups excluding carboxylic acids is 8. The molecule has 8 amide bonds. The number of benzene rings is 5. The Kier molecular flexibility index (Phi) is 24.9. The molecule has 0 atom stereocenters. The molecule has 0 aliphatic heterocycles. The summed E-state index contributed by atoms with van der Waals surface area (Å²) in [6.07, 6.45) is 1.44. The van der Waals surface area contributed by atoms with E-state index in [9.17, 15) is 47.1 Å². The topological polar surface area (TPSA) is 234 Å².